The largest absolute Gasteiger partial charge is 0.412 e. The predicted octanol–water partition coefficient (Wildman–Crippen LogP) is 3.37. The van der Waals surface area contributed by atoms with Gasteiger partial charge in [0.2, 0.25) is 0 Å². The van der Waals surface area contributed by atoms with Crippen molar-refractivity contribution >= 4 is 17.5 Å². The van der Waals surface area contributed by atoms with Gasteiger partial charge in [-0.15, -0.1) is 0 Å². The van der Waals surface area contributed by atoms with Gasteiger partial charge in [0.25, 0.3) is 11.5 Å². The summed E-state index contributed by atoms with van der Waals surface area (Å²) in [5, 5.41) is 2.12. The second-order valence-electron chi connectivity index (χ2n) is 4.88. The Bertz CT molecular complexity index is 770. The second-order valence-corrected chi connectivity index (χ2v) is 5.32. The highest BCUT2D eigenvalue weighted by Gasteiger charge is 2.42. The van der Waals surface area contributed by atoms with E-state index in [2.05, 4.69) is 4.98 Å². The lowest BCUT2D eigenvalue weighted by Gasteiger charge is -2.22. The number of aryl methyl sites for hydroxylation is 1. The molecule has 0 aliphatic heterocycles. The fraction of sp³-hybridized carbons (Fsp3) is 0.200. The number of halogens is 4. The zero-order valence-electron chi connectivity index (χ0n) is 11.9. The van der Waals surface area contributed by atoms with Crippen LogP contribution in [0.15, 0.2) is 41.2 Å². The molecule has 1 heterocycles. The zero-order chi connectivity index (χ0) is 17.2. The number of amides is 1. The number of aromatic nitrogens is 1. The Labute approximate surface area is 134 Å². The molecule has 0 aliphatic carbocycles. The van der Waals surface area contributed by atoms with Crippen molar-refractivity contribution in [1.82, 2.24) is 10.3 Å². The maximum absolute atomic E-state index is 13.2. The molecule has 122 valence electrons. The molecule has 0 radical (unpaired) electrons. The van der Waals surface area contributed by atoms with E-state index < -0.39 is 23.7 Å². The van der Waals surface area contributed by atoms with Crippen molar-refractivity contribution in [3.05, 3.63) is 68.6 Å². The Kier molecular flexibility index (Phi) is 4.79. The van der Waals surface area contributed by atoms with Crippen molar-refractivity contribution in [2.45, 2.75) is 19.1 Å². The smallest absolute Gasteiger partial charge is 0.337 e. The van der Waals surface area contributed by atoms with Gasteiger partial charge < -0.3 is 10.3 Å². The van der Waals surface area contributed by atoms with Gasteiger partial charge in [-0.1, -0.05) is 23.7 Å². The third-order valence-electron chi connectivity index (χ3n) is 3.11. The Balaban J connectivity index is 2.33. The van der Waals surface area contributed by atoms with Gasteiger partial charge in [-0.05, 0) is 36.8 Å². The third-order valence-corrected chi connectivity index (χ3v) is 3.36. The number of benzene rings is 1. The molecule has 0 fully saturated rings. The van der Waals surface area contributed by atoms with Gasteiger partial charge in [-0.25, -0.2) is 0 Å². The van der Waals surface area contributed by atoms with Gasteiger partial charge in [-0.2, -0.15) is 13.2 Å². The molecule has 0 spiro atoms. The summed E-state index contributed by atoms with van der Waals surface area (Å²) < 4.78 is 39.6. The first kappa shape index (κ1) is 17.1. The van der Waals surface area contributed by atoms with Gasteiger partial charge in [0.15, 0.2) is 6.04 Å². The van der Waals surface area contributed by atoms with Crippen LogP contribution in [0.5, 0.6) is 0 Å². The van der Waals surface area contributed by atoms with Crippen molar-refractivity contribution in [3.63, 3.8) is 0 Å². The number of carbonyl (C=O) groups excluding carboxylic acids is 1. The van der Waals surface area contributed by atoms with E-state index in [0.717, 1.165) is 0 Å². The SMILES string of the molecule is Cc1ccc(C(=O)N[C@@H](c2ccc(Cl)cc2)C(F)(F)F)c(=O)[nH]1. The van der Waals surface area contributed by atoms with Gasteiger partial charge in [0, 0.05) is 10.7 Å². The Morgan fingerprint density at radius 1 is 1.17 bits per heavy atom. The zero-order valence-corrected chi connectivity index (χ0v) is 12.6. The van der Waals surface area contributed by atoms with Gasteiger partial charge >= 0.3 is 6.18 Å². The van der Waals surface area contributed by atoms with Crippen molar-refractivity contribution in [1.29, 1.82) is 0 Å². The van der Waals surface area contributed by atoms with E-state index in [1.165, 1.54) is 36.4 Å². The molecule has 2 aromatic rings. The fourth-order valence-corrected chi connectivity index (χ4v) is 2.10. The molecule has 1 atom stereocenters. The minimum Gasteiger partial charge on any atom is -0.337 e. The van der Waals surface area contributed by atoms with Crippen LogP contribution in [-0.2, 0) is 0 Å². The third kappa shape index (κ3) is 4.13. The van der Waals surface area contributed by atoms with Crippen molar-refractivity contribution < 1.29 is 18.0 Å². The maximum Gasteiger partial charge on any atom is 0.412 e. The van der Waals surface area contributed by atoms with Crippen LogP contribution in [0.3, 0.4) is 0 Å². The van der Waals surface area contributed by atoms with E-state index in [4.69, 9.17) is 11.6 Å². The van der Waals surface area contributed by atoms with Crippen LogP contribution in [0, 0.1) is 6.92 Å². The van der Waals surface area contributed by atoms with Gasteiger partial charge in [-0.3, -0.25) is 9.59 Å². The summed E-state index contributed by atoms with van der Waals surface area (Å²) in [6.45, 7) is 1.59. The number of H-pyrrole nitrogens is 1. The van der Waals surface area contributed by atoms with Crippen molar-refractivity contribution in [2.75, 3.05) is 0 Å². The van der Waals surface area contributed by atoms with E-state index in [1.807, 2.05) is 5.32 Å². The van der Waals surface area contributed by atoms with Crippen LogP contribution >= 0.6 is 11.6 Å². The number of hydrogen-bond acceptors (Lipinski definition) is 2. The number of aromatic amines is 1. The Morgan fingerprint density at radius 3 is 2.30 bits per heavy atom. The Morgan fingerprint density at radius 2 is 1.78 bits per heavy atom. The minimum atomic E-state index is -4.72. The van der Waals surface area contributed by atoms with Crippen LogP contribution in [0.2, 0.25) is 5.02 Å². The molecule has 0 saturated carbocycles. The number of carbonyl (C=O) groups is 1. The number of nitrogens with one attached hydrogen (secondary N) is 2. The molecule has 1 aromatic heterocycles. The summed E-state index contributed by atoms with van der Waals surface area (Å²) in [7, 11) is 0. The molecule has 23 heavy (non-hydrogen) atoms. The van der Waals surface area contributed by atoms with E-state index in [1.54, 1.807) is 6.92 Å². The van der Waals surface area contributed by atoms with Crippen molar-refractivity contribution in [2.24, 2.45) is 0 Å². The number of pyridine rings is 1. The lowest BCUT2D eigenvalue weighted by Crippen LogP contribution is -2.40. The summed E-state index contributed by atoms with van der Waals surface area (Å²) in [6, 6.07) is 5.29. The van der Waals surface area contributed by atoms with Gasteiger partial charge in [0.1, 0.15) is 5.56 Å². The summed E-state index contributed by atoms with van der Waals surface area (Å²) in [5.74, 6) is -1.11. The maximum atomic E-state index is 13.2. The summed E-state index contributed by atoms with van der Waals surface area (Å²) in [5.41, 5.74) is -0.825. The molecular formula is C15H12ClF3N2O2. The summed E-state index contributed by atoms with van der Waals surface area (Å²) in [6.07, 6.45) is -4.72. The average molecular weight is 345 g/mol. The number of rotatable bonds is 3. The van der Waals surface area contributed by atoms with E-state index in [0.29, 0.717) is 5.69 Å². The predicted molar refractivity (Wildman–Crippen MR) is 79.5 cm³/mol. The minimum absolute atomic E-state index is 0.182. The molecule has 0 aliphatic rings. The lowest BCUT2D eigenvalue weighted by molar-refractivity contribution is -0.155. The van der Waals surface area contributed by atoms with Crippen LogP contribution < -0.4 is 10.9 Å². The van der Waals surface area contributed by atoms with E-state index in [-0.39, 0.29) is 16.1 Å². The van der Waals surface area contributed by atoms with Crippen LogP contribution in [0.1, 0.15) is 27.7 Å². The summed E-state index contributed by atoms with van der Waals surface area (Å²) in [4.78, 5) is 26.1. The summed E-state index contributed by atoms with van der Waals surface area (Å²) >= 11 is 5.65. The molecule has 2 N–H and O–H groups in total. The normalized spacial score (nSPS) is 12.7. The van der Waals surface area contributed by atoms with Gasteiger partial charge in [0.05, 0.1) is 0 Å². The monoisotopic (exact) mass is 344 g/mol. The van der Waals surface area contributed by atoms with Crippen LogP contribution in [-0.4, -0.2) is 17.1 Å². The average Bonchev–Trinajstić information content (AvgIpc) is 2.44. The molecule has 1 amide bonds. The lowest BCUT2D eigenvalue weighted by atomic mass is 10.1. The number of hydrogen-bond donors (Lipinski definition) is 2. The highest BCUT2D eigenvalue weighted by Crippen LogP contribution is 2.33. The first-order valence-electron chi connectivity index (χ1n) is 6.51. The standard InChI is InChI=1S/C15H12ClF3N2O2/c1-8-2-7-11(13(22)20-8)14(23)21-12(15(17,18)19)9-3-5-10(16)6-4-9/h2-7,12H,1H3,(H,20,22)(H,21,23)/t12-/m0/s1. The molecule has 0 unspecified atom stereocenters. The van der Waals surface area contributed by atoms with E-state index >= 15 is 0 Å². The second kappa shape index (κ2) is 6.45. The quantitative estimate of drug-likeness (QED) is 0.896. The first-order chi connectivity index (χ1) is 10.7. The topological polar surface area (TPSA) is 62.0 Å². The van der Waals surface area contributed by atoms with E-state index in [9.17, 15) is 22.8 Å². The van der Waals surface area contributed by atoms with Crippen LogP contribution in [0.25, 0.3) is 0 Å². The first-order valence-corrected chi connectivity index (χ1v) is 6.89. The highest BCUT2D eigenvalue weighted by atomic mass is 35.5. The Hall–Kier alpha value is -2.28. The van der Waals surface area contributed by atoms with Crippen molar-refractivity contribution in [3.8, 4) is 0 Å². The molecule has 8 heteroatoms. The molecule has 2 rings (SSSR count). The molecule has 1 aromatic carbocycles. The molecule has 0 saturated heterocycles. The fourth-order valence-electron chi connectivity index (χ4n) is 1.97. The molecular weight excluding hydrogens is 333 g/mol. The highest BCUT2D eigenvalue weighted by molar-refractivity contribution is 6.30. The number of alkyl halides is 3. The van der Waals surface area contributed by atoms with Crippen LogP contribution in [0.4, 0.5) is 13.2 Å². The molecule has 0 bridgehead atoms. The molecule has 4 nitrogen and oxygen atoms in total.